The number of urea groups is 1. The number of hydrogen-bond donors (Lipinski definition) is 1. The van der Waals surface area contributed by atoms with Gasteiger partial charge in [0.05, 0.1) is 18.3 Å². The number of imidazole rings is 1. The summed E-state index contributed by atoms with van der Waals surface area (Å²) in [5, 5.41) is 2.70. The molecule has 168 valence electrons. The van der Waals surface area contributed by atoms with Gasteiger partial charge in [-0.3, -0.25) is 0 Å². The van der Waals surface area contributed by atoms with Crippen LogP contribution < -0.4 is 10.1 Å². The maximum absolute atomic E-state index is 14.0. The number of ether oxygens (including phenoxy) is 1. The molecule has 1 aliphatic rings. The van der Waals surface area contributed by atoms with Crippen molar-refractivity contribution in [1.29, 1.82) is 0 Å². The number of benzene rings is 2. The molecule has 5 rings (SSSR count). The van der Waals surface area contributed by atoms with E-state index in [1.807, 2.05) is 48.7 Å². The van der Waals surface area contributed by atoms with Crippen molar-refractivity contribution in [2.24, 2.45) is 0 Å². The van der Waals surface area contributed by atoms with Crippen molar-refractivity contribution >= 4 is 17.2 Å². The summed E-state index contributed by atoms with van der Waals surface area (Å²) < 4.78 is 21.7. The Morgan fingerprint density at radius 1 is 1.09 bits per heavy atom. The third-order valence-corrected chi connectivity index (χ3v) is 6.13. The van der Waals surface area contributed by atoms with E-state index in [-0.39, 0.29) is 17.6 Å². The second kappa shape index (κ2) is 8.94. The second-order valence-corrected chi connectivity index (χ2v) is 8.17. The lowest BCUT2D eigenvalue weighted by molar-refractivity contribution is 0.191. The maximum atomic E-state index is 14.0. The van der Waals surface area contributed by atoms with Crippen molar-refractivity contribution in [3.63, 3.8) is 0 Å². The van der Waals surface area contributed by atoms with E-state index in [4.69, 9.17) is 9.72 Å². The summed E-state index contributed by atoms with van der Waals surface area (Å²) in [5.74, 6) is 1.29. The van der Waals surface area contributed by atoms with Crippen LogP contribution in [0.3, 0.4) is 0 Å². The van der Waals surface area contributed by atoms with Crippen LogP contribution in [0.25, 0.3) is 16.8 Å². The summed E-state index contributed by atoms with van der Waals surface area (Å²) in [6.07, 6.45) is 3.78. The molecule has 1 N–H and O–H groups in total. The smallest absolute Gasteiger partial charge is 0.321 e. The van der Waals surface area contributed by atoms with Crippen LogP contribution in [0.4, 0.5) is 14.9 Å². The van der Waals surface area contributed by atoms with Gasteiger partial charge in [-0.05, 0) is 49.2 Å². The van der Waals surface area contributed by atoms with Crippen LogP contribution in [0.15, 0.2) is 72.9 Å². The first-order valence-electron chi connectivity index (χ1n) is 11.1. The Balaban J connectivity index is 1.46. The fourth-order valence-electron chi connectivity index (χ4n) is 4.52. The van der Waals surface area contributed by atoms with Crippen molar-refractivity contribution < 1.29 is 13.9 Å². The molecule has 7 heteroatoms. The van der Waals surface area contributed by atoms with Gasteiger partial charge in [-0.25, -0.2) is 14.2 Å². The SMILES string of the molecule is COc1ccccc1-c1nc(C2CCCN(C(=O)Nc3ccccc3F)C2)n2ccccc12. The molecule has 0 bridgehead atoms. The number of anilines is 1. The lowest BCUT2D eigenvalue weighted by Gasteiger charge is -2.32. The zero-order valence-electron chi connectivity index (χ0n) is 18.4. The Hall–Kier alpha value is -3.87. The highest BCUT2D eigenvalue weighted by Crippen LogP contribution is 2.36. The van der Waals surface area contributed by atoms with Crippen LogP contribution in [0.2, 0.25) is 0 Å². The van der Waals surface area contributed by atoms with Gasteiger partial charge in [-0.1, -0.05) is 30.3 Å². The van der Waals surface area contributed by atoms with Gasteiger partial charge >= 0.3 is 6.03 Å². The number of hydrogen-bond acceptors (Lipinski definition) is 3. The molecular weight excluding hydrogens is 419 g/mol. The average molecular weight is 445 g/mol. The van der Waals surface area contributed by atoms with Gasteiger partial charge in [0.1, 0.15) is 23.1 Å². The minimum Gasteiger partial charge on any atom is -0.496 e. The van der Waals surface area contributed by atoms with Crippen LogP contribution in [-0.2, 0) is 0 Å². The van der Waals surface area contributed by atoms with Gasteiger partial charge in [-0.15, -0.1) is 0 Å². The Morgan fingerprint density at radius 2 is 1.88 bits per heavy atom. The molecule has 33 heavy (non-hydrogen) atoms. The normalized spacial score (nSPS) is 16.1. The van der Waals surface area contributed by atoms with Gasteiger partial charge in [-0.2, -0.15) is 0 Å². The molecule has 1 aliphatic heterocycles. The van der Waals surface area contributed by atoms with E-state index in [1.54, 1.807) is 30.2 Å². The number of carbonyl (C=O) groups excluding carboxylic acids is 1. The molecule has 0 radical (unpaired) electrons. The summed E-state index contributed by atoms with van der Waals surface area (Å²) in [6, 6.07) is 19.8. The predicted octanol–water partition coefficient (Wildman–Crippen LogP) is 5.56. The molecule has 6 nitrogen and oxygen atoms in total. The second-order valence-electron chi connectivity index (χ2n) is 8.17. The van der Waals surface area contributed by atoms with Gasteiger partial charge in [0.15, 0.2) is 0 Å². The number of piperidine rings is 1. The number of aromatic nitrogens is 2. The van der Waals surface area contributed by atoms with Crippen molar-refractivity contribution in [2.75, 3.05) is 25.5 Å². The monoisotopic (exact) mass is 444 g/mol. The summed E-state index contributed by atoms with van der Waals surface area (Å²) in [6.45, 7) is 1.14. The summed E-state index contributed by atoms with van der Waals surface area (Å²) in [4.78, 5) is 19.7. The zero-order valence-corrected chi connectivity index (χ0v) is 18.4. The first-order chi connectivity index (χ1) is 16.2. The van der Waals surface area contributed by atoms with Gasteiger partial charge < -0.3 is 19.4 Å². The summed E-state index contributed by atoms with van der Waals surface area (Å²) in [7, 11) is 1.66. The van der Waals surface area contributed by atoms with E-state index in [0.717, 1.165) is 41.2 Å². The minimum atomic E-state index is -0.444. The third-order valence-electron chi connectivity index (χ3n) is 6.13. The number of likely N-dealkylation sites (tertiary alicyclic amines) is 1. The predicted molar refractivity (Wildman–Crippen MR) is 126 cm³/mol. The minimum absolute atomic E-state index is 0.0588. The van der Waals surface area contributed by atoms with Crippen LogP contribution in [0.5, 0.6) is 5.75 Å². The molecule has 0 aliphatic carbocycles. The Bertz CT molecular complexity index is 1300. The first-order valence-corrected chi connectivity index (χ1v) is 11.1. The Kier molecular flexibility index (Phi) is 5.69. The van der Waals surface area contributed by atoms with Gasteiger partial charge in [0, 0.05) is 30.8 Å². The number of para-hydroxylation sites is 2. The number of methoxy groups -OCH3 is 1. The highest BCUT2D eigenvalue weighted by atomic mass is 19.1. The van der Waals surface area contributed by atoms with Crippen LogP contribution in [0.1, 0.15) is 24.6 Å². The molecule has 0 saturated carbocycles. The number of pyridine rings is 1. The van der Waals surface area contributed by atoms with Crippen molar-refractivity contribution in [3.8, 4) is 17.0 Å². The zero-order chi connectivity index (χ0) is 22.8. The lowest BCUT2D eigenvalue weighted by atomic mass is 9.97. The molecule has 1 atom stereocenters. The molecule has 1 unspecified atom stereocenters. The summed E-state index contributed by atoms with van der Waals surface area (Å²) in [5.41, 5.74) is 2.97. The number of nitrogens with zero attached hydrogens (tertiary/aromatic N) is 3. The topological polar surface area (TPSA) is 58.9 Å². The number of amides is 2. The maximum Gasteiger partial charge on any atom is 0.321 e. The quantitative estimate of drug-likeness (QED) is 0.448. The van der Waals surface area contributed by atoms with Crippen LogP contribution >= 0.6 is 0 Å². The number of fused-ring (bicyclic) bond motifs is 1. The Labute approximate surface area is 191 Å². The molecule has 1 saturated heterocycles. The largest absolute Gasteiger partial charge is 0.496 e. The third kappa shape index (κ3) is 4.02. The molecule has 2 amide bonds. The lowest BCUT2D eigenvalue weighted by Crippen LogP contribution is -2.42. The molecule has 1 fully saturated rings. The van der Waals surface area contributed by atoms with Crippen LogP contribution in [-0.4, -0.2) is 40.5 Å². The number of halogens is 1. The van der Waals surface area contributed by atoms with Crippen molar-refractivity contribution in [3.05, 3.63) is 84.6 Å². The van der Waals surface area contributed by atoms with E-state index < -0.39 is 5.82 Å². The van der Waals surface area contributed by atoms with E-state index in [9.17, 15) is 9.18 Å². The molecule has 4 aromatic rings. The average Bonchev–Trinajstić information content (AvgIpc) is 3.25. The fraction of sp³-hybridized carbons (Fsp3) is 0.231. The molecule has 2 aromatic carbocycles. The molecular formula is C26H25FN4O2. The summed E-state index contributed by atoms with van der Waals surface area (Å²) >= 11 is 0. The molecule has 0 spiro atoms. The standard InChI is InChI=1S/C26H25FN4O2/c1-33-23-14-5-2-10-19(23)24-22-13-6-7-16-31(22)25(29-24)18-9-8-15-30(17-18)26(32)28-21-12-4-3-11-20(21)27/h2-7,10-14,16,18H,8-9,15,17H2,1H3,(H,28,32). The van der Waals surface area contributed by atoms with E-state index in [1.165, 1.54) is 6.07 Å². The van der Waals surface area contributed by atoms with E-state index in [0.29, 0.717) is 13.1 Å². The molecule has 2 aromatic heterocycles. The Morgan fingerprint density at radius 3 is 2.73 bits per heavy atom. The van der Waals surface area contributed by atoms with E-state index in [2.05, 4.69) is 9.72 Å². The van der Waals surface area contributed by atoms with Crippen molar-refractivity contribution in [2.45, 2.75) is 18.8 Å². The number of nitrogens with one attached hydrogen (secondary N) is 1. The molecule has 3 heterocycles. The first kappa shape index (κ1) is 21.0. The number of rotatable bonds is 4. The van der Waals surface area contributed by atoms with Gasteiger partial charge in [0.25, 0.3) is 0 Å². The van der Waals surface area contributed by atoms with Crippen LogP contribution in [0, 0.1) is 5.82 Å². The fourth-order valence-corrected chi connectivity index (χ4v) is 4.52. The highest BCUT2D eigenvalue weighted by Gasteiger charge is 2.29. The van der Waals surface area contributed by atoms with E-state index >= 15 is 0 Å². The highest BCUT2D eigenvalue weighted by molar-refractivity contribution is 5.89. The van der Waals surface area contributed by atoms with Gasteiger partial charge in [0.2, 0.25) is 0 Å². The van der Waals surface area contributed by atoms with Crippen molar-refractivity contribution in [1.82, 2.24) is 14.3 Å². The number of carbonyl (C=O) groups is 1.